The molecule has 8 heteroatoms. The molecule has 0 aliphatic carbocycles. The summed E-state index contributed by atoms with van der Waals surface area (Å²) >= 11 is 0. The van der Waals surface area contributed by atoms with E-state index in [1.54, 1.807) is 23.2 Å². The van der Waals surface area contributed by atoms with Gasteiger partial charge in [-0.05, 0) is 37.1 Å². The summed E-state index contributed by atoms with van der Waals surface area (Å²) in [6, 6.07) is 9.54. The Labute approximate surface area is 192 Å². The van der Waals surface area contributed by atoms with Gasteiger partial charge in [0.25, 0.3) is 0 Å². The lowest BCUT2D eigenvalue weighted by Crippen LogP contribution is -2.42. The molecule has 170 valence electrons. The summed E-state index contributed by atoms with van der Waals surface area (Å²) in [6.45, 7) is 6.42. The molecular formula is C25H27FN6O. The van der Waals surface area contributed by atoms with E-state index >= 15 is 4.39 Å². The number of aryl methyl sites for hydroxylation is 2. The lowest BCUT2D eigenvalue weighted by Gasteiger charge is -2.35. The van der Waals surface area contributed by atoms with Gasteiger partial charge in [0.1, 0.15) is 5.82 Å². The van der Waals surface area contributed by atoms with E-state index in [9.17, 15) is 10.1 Å². The fourth-order valence-corrected chi connectivity index (χ4v) is 4.29. The van der Waals surface area contributed by atoms with Crippen LogP contribution in [0.25, 0.3) is 10.9 Å². The van der Waals surface area contributed by atoms with Crippen molar-refractivity contribution in [2.45, 2.75) is 45.8 Å². The van der Waals surface area contributed by atoms with Crippen LogP contribution in [0.1, 0.15) is 48.0 Å². The molecule has 7 nitrogen and oxygen atoms in total. The lowest BCUT2D eigenvalue weighted by molar-refractivity contribution is -0.131. The number of hydrogen-bond acceptors (Lipinski definition) is 5. The fourth-order valence-electron chi connectivity index (χ4n) is 4.29. The first-order valence-electron chi connectivity index (χ1n) is 11.0. The molecule has 2 aromatic heterocycles. The maximum absolute atomic E-state index is 15.9. The van der Waals surface area contributed by atoms with Crippen LogP contribution in [0.4, 0.5) is 4.39 Å². The second kappa shape index (κ2) is 8.74. The first-order valence-corrected chi connectivity index (χ1v) is 11.0. The fraction of sp³-hybridized carbons (Fsp3) is 0.400. The SMILES string of the molecule is CC(=O)N1CCC(F)(c2cc3/c(=N/Cc4cccc(C#N)c4C)nc(C)n(C)c3cn2)CC1. The van der Waals surface area contributed by atoms with Gasteiger partial charge in [0, 0.05) is 45.3 Å². The third-order valence-corrected chi connectivity index (χ3v) is 6.66. The van der Waals surface area contributed by atoms with Crippen molar-refractivity contribution in [2.24, 2.45) is 12.0 Å². The number of nitrogens with zero attached hydrogens (tertiary/aromatic N) is 6. The lowest BCUT2D eigenvalue weighted by atomic mass is 9.89. The number of fused-ring (bicyclic) bond motifs is 1. The van der Waals surface area contributed by atoms with Gasteiger partial charge >= 0.3 is 0 Å². The van der Waals surface area contributed by atoms with Gasteiger partial charge in [-0.3, -0.25) is 14.8 Å². The Morgan fingerprint density at radius 3 is 2.70 bits per heavy atom. The maximum atomic E-state index is 15.9. The van der Waals surface area contributed by atoms with Gasteiger partial charge in [-0.1, -0.05) is 12.1 Å². The topological polar surface area (TPSA) is 87.2 Å². The molecule has 0 saturated carbocycles. The molecule has 33 heavy (non-hydrogen) atoms. The summed E-state index contributed by atoms with van der Waals surface area (Å²) in [5.41, 5.74) is 2.56. The minimum absolute atomic E-state index is 0.0351. The Hall–Kier alpha value is -3.60. The van der Waals surface area contributed by atoms with E-state index in [-0.39, 0.29) is 18.7 Å². The van der Waals surface area contributed by atoms with Gasteiger partial charge < -0.3 is 9.47 Å². The largest absolute Gasteiger partial charge is 0.343 e. The standard InChI is InChI=1S/C25H27FN6O/c1-16-19(13-27)6-5-7-20(16)14-29-24-21-12-23(28-15-22(21)31(4)17(2)30-24)25(26)8-10-32(11-9-25)18(3)33/h5-7,12,15H,8-11,14H2,1-4H3/b29-24-. The van der Waals surface area contributed by atoms with E-state index in [1.165, 1.54) is 6.92 Å². The molecule has 0 N–H and O–H groups in total. The van der Waals surface area contributed by atoms with E-state index in [2.05, 4.69) is 16.0 Å². The molecule has 4 rings (SSSR count). The first kappa shape index (κ1) is 22.6. The Balaban J connectivity index is 1.78. The number of piperidine rings is 1. The van der Waals surface area contributed by atoms with Crippen molar-refractivity contribution in [3.8, 4) is 6.07 Å². The highest BCUT2D eigenvalue weighted by atomic mass is 19.1. The van der Waals surface area contributed by atoms with Crippen molar-refractivity contribution in [3.63, 3.8) is 0 Å². The molecule has 0 unspecified atom stereocenters. The van der Waals surface area contributed by atoms with Crippen molar-refractivity contribution in [1.82, 2.24) is 19.4 Å². The Bertz CT molecular complexity index is 1350. The molecule has 0 spiro atoms. The average molecular weight is 447 g/mol. The molecular weight excluding hydrogens is 419 g/mol. The highest BCUT2D eigenvalue weighted by molar-refractivity contribution is 5.78. The zero-order valence-corrected chi connectivity index (χ0v) is 19.4. The number of hydrogen-bond donors (Lipinski definition) is 0. The van der Waals surface area contributed by atoms with E-state index in [4.69, 9.17) is 4.99 Å². The average Bonchev–Trinajstić information content (AvgIpc) is 2.81. The number of halogens is 1. The van der Waals surface area contributed by atoms with Gasteiger partial charge in [-0.25, -0.2) is 9.37 Å². The van der Waals surface area contributed by atoms with Crippen LogP contribution in [-0.4, -0.2) is 38.4 Å². The normalized spacial score (nSPS) is 16.1. The van der Waals surface area contributed by atoms with Crippen molar-refractivity contribution < 1.29 is 9.18 Å². The molecule has 3 aromatic rings. The molecule has 3 heterocycles. The van der Waals surface area contributed by atoms with Crippen LogP contribution in [0.3, 0.4) is 0 Å². The molecule has 1 fully saturated rings. The molecule has 1 aliphatic rings. The molecule has 1 aliphatic heterocycles. The molecule has 0 radical (unpaired) electrons. The van der Waals surface area contributed by atoms with Gasteiger partial charge in [-0.2, -0.15) is 5.26 Å². The number of benzene rings is 1. The van der Waals surface area contributed by atoms with E-state index < -0.39 is 5.67 Å². The highest BCUT2D eigenvalue weighted by Gasteiger charge is 2.38. The van der Waals surface area contributed by atoms with Crippen molar-refractivity contribution in [1.29, 1.82) is 5.26 Å². The Morgan fingerprint density at radius 2 is 2.03 bits per heavy atom. The van der Waals surface area contributed by atoms with Crippen molar-refractivity contribution >= 4 is 16.8 Å². The number of likely N-dealkylation sites (tertiary alicyclic amines) is 1. The van der Waals surface area contributed by atoms with Crippen LogP contribution >= 0.6 is 0 Å². The summed E-state index contributed by atoms with van der Waals surface area (Å²) in [6.07, 6.45) is 2.10. The first-order chi connectivity index (χ1) is 15.7. The van der Waals surface area contributed by atoms with Crippen LogP contribution in [0, 0.1) is 25.2 Å². The third kappa shape index (κ3) is 4.23. The summed E-state index contributed by atoms with van der Waals surface area (Å²) in [5, 5.41) is 10.0. The van der Waals surface area contributed by atoms with Gasteiger partial charge in [-0.15, -0.1) is 0 Å². The third-order valence-electron chi connectivity index (χ3n) is 6.66. The quantitative estimate of drug-likeness (QED) is 0.617. The highest BCUT2D eigenvalue weighted by Crippen LogP contribution is 2.36. The molecule has 1 aromatic carbocycles. The number of pyridine rings is 1. The van der Waals surface area contributed by atoms with Crippen molar-refractivity contribution in [3.05, 3.63) is 64.2 Å². The van der Waals surface area contributed by atoms with Crippen LogP contribution in [0.15, 0.2) is 35.5 Å². The number of aromatic nitrogens is 3. The maximum Gasteiger partial charge on any atom is 0.219 e. The van der Waals surface area contributed by atoms with E-state index in [0.29, 0.717) is 36.4 Å². The minimum atomic E-state index is -1.60. The second-order valence-corrected chi connectivity index (χ2v) is 8.62. The van der Waals surface area contributed by atoms with Crippen LogP contribution < -0.4 is 5.49 Å². The molecule has 1 saturated heterocycles. The predicted molar refractivity (Wildman–Crippen MR) is 123 cm³/mol. The van der Waals surface area contributed by atoms with Crippen LogP contribution in [0.5, 0.6) is 0 Å². The smallest absolute Gasteiger partial charge is 0.219 e. The van der Waals surface area contributed by atoms with Crippen molar-refractivity contribution in [2.75, 3.05) is 13.1 Å². The summed E-state index contributed by atoms with van der Waals surface area (Å²) < 4.78 is 17.8. The predicted octanol–water partition coefficient (Wildman–Crippen LogP) is 3.36. The zero-order valence-electron chi connectivity index (χ0n) is 19.4. The molecule has 0 atom stereocenters. The van der Waals surface area contributed by atoms with Gasteiger partial charge in [0.05, 0.1) is 35.6 Å². The summed E-state index contributed by atoms with van der Waals surface area (Å²) in [5.74, 6) is 0.732. The number of alkyl halides is 1. The molecule has 0 bridgehead atoms. The zero-order chi connectivity index (χ0) is 23.8. The number of nitriles is 1. The Kier molecular flexibility index (Phi) is 5.98. The monoisotopic (exact) mass is 446 g/mol. The second-order valence-electron chi connectivity index (χ2n) is 8.62. The number of rotatable bonds is 3. The Morgan fingerprint density at radius 1 is 1.30 bits per heavy atom. The van der Waals surface area contributed by atoms with E-state index in [1.807, 2.05) is 37.6 Å². The summed E-state index contributed by atoms with van der Waals surface area (Å²) in [4.78, 5) is 27.2. The number of carbonyl (C=O) groups is 1. The minimum Gasteiger partial charge on any atom is -0.343 e. The number of amides is 1. The van der Waals surface area contributed by atoms with Crippen LogP contribution in [-0.2, 0) is 24.1 Å². The van der Waals surface area contributed by atoms with Crippen LogP contribution in [0.2, 0.25) is 0 Å². The summed E-state index contributed by atoms with van der Waals surface area (Å²) in [7, 11) is 1.90. The van der Waals surface area contributed by atoms with E-state index in [0.717, 1.165) is 27.9 Å². The van der Waals surface area contributed by atoms with Gasteiger partial charge in [0.2, 0.25) is 5.91 Å². The number of carbonyl (C=O) groups excluding carboxylic acids is 1. The van der Waals surface area contributed by atoms with Gasteiger partial charge in [0.15, 0.2) is 11.2 Å². The molecule has 1 amide bonds.